The van der Waals surface area contributed by atoms with Crippen LogP contribution < -0.4 is 5.32 Å². The first-order valence-electron chi connectivity index (χ1n) is 4.31. The molecular weight excluding hydrogens is 216 g/mol. The first kappa shape index (κ1) is 10.0. The Kier molecular flexibility index (Phi) is 2.45. The van der Waals surface area contributed by atoms with Crippen molar-refractivity contribution in [2.75, 3.05) is 5.32 Å². The molecule has 84 valence electrons. The second kappa shape index (κ2) is 3.92. The highest BCUT2D eigenvalue weighted by Crippen LogP contribution is 2.21. The molecule has 0 saturated heterocycles. The summed E-state index contributed by atoms with van der Waals surface area (Å²) in [7, 11) is 1.60. The van der Waals surface area contributed by atoms with Gasteiger partial charge in [0.15, 0.2) is 5.82 Å². The Hall–Kier alpha value is -2.52. The molecule has 0 bridgehead atoms. The monoisotopic (exact) mass is 224 g/mol. The van der Waals surface area contributed by atoms with Crippen molar-refractivity contribution in [2.45, 2.75) is 6.54 Å². The molecule has 0 fully saturated rings. The van der Waals surface area contributed by atoms with Crippen molar-refractivity contribution < 1.29 is 4.92 Å². The highest BCUT2D eigenvalue weighted by Gasteiger charge is 2.18. The lowest BCUT2D eigenvalue weighted by atomic mass is 10.5. The third kappa shape index (κ3) is 1.94. The summed E-state index contributed by atoms with van der Waals surface area (Å²) >= 11 is 0. The van der Waals surface area contributed by atoms with Crippen LogP contribution in [0.2, 0.25) is 0 Å². The molecule has 0 radical (unpaired) electrons. The smallest absolute Gasteiger partial charge is 0.330 e. The number of H-pyrrole nitrogens is 1. The highest BCUT2D eigenvalue weighted by atomic mass is 16.6. The SMILES string of the molecule is Cn1cc([N+](=O)[O-])c(NCc2nn[nH]n2)n1. The van der Waals surface area contributed by atoms with E-state index in [1.165, 1.54) is 10.9 Å². The van der Waals surface area contributed by atoms with E-state index in [0.29, 0.717) is 5.82 Å². The van der Waals surface area contributed by atoms with Crippen LogP contribution in [0.1, 0.15) is 5.82 Å². The summed E-state index contributed by atoms with van der Waals surface area (Å²) in [4.78, 5) is 10.2. The van der Waals surface area contributed by atoms with Crippen molar-refractivity contribution in [1.82, 2.24) is 30.4 Å². The minimum absolute atomic E-state index is 0.0917. The molecule has 0 unspecified atom stereocenters. The van der Waals surface area contributed by atoms with E-state index in [9.17, 15) is 10.1 Å². The van der Waals surface area contributed by atoms with Crippen LogP contribution in [0.15, 0.2) is 6.20 Å². The molecule has 10 heteroatoms. The Balaban J connectivity index is 2.12. The summed E-state index contributed by atoms with van der Waals surface area (Å²) in [5.74, 6) is 0.581. The highest BCUT2D eigenvalue weighted by molar-refractivity contribution is 5.54. The molecule has 0 aliphatic rings. The van der Waals surface area contributed by atoms with Gasteiger partial charge in [0.2, 0.25) is 5.82 Å². The quantitative estimate of drug-likeness (QED) is 0.526. The molecule has 0 aliphatic carbocycles. The lowest BCUT2D eigenvalue weighted by molar-refractivity contribution is -0.384. The normalized spacial score (nSPS) is 10.3. The summed E-state index contributed by atoms with van der Waals surface area (Å²) in [6.07, 6.45) is 1.32. The molecule has 2 rings (SSSR count). The molecule has 0 aliphatic heterocycles. The fourth-order valence-corrected chi connectivity index (χ4v) is 1.16. The molecule has 0 spiro atoms. The van der Waals surface area contributed by atoms with Crippen LogP contribution in [0.3, 0.4) is 0 Å². The van der Waals surface area contributed by atoms with Crippen LogP contribution >= 0.6 is 0 Å². The van der Waals surface area contributed by atoms with Gasteiger partial charge in [0.25, 0.3) is 0 Å². The maximum atomic E-state index is 10.7. The van der Waals surface area contributed by atoms with E-state index in [1.54, 1.807) is 7.05 Å². The molecule has 2 N–H and O–H groups in total. The van der Waals surface area contributed by atoms with Crippen molar-refractivity contribution in [3.05, 3.63) is 22.1 Å². The van der Waals surface area contributed by atoms with Gasteiger partial charge in [-0.05, 0) is 0 Å². The lowest BCUT2D eigenvalue weighted by Gasteiger charge is -1.97. The summed E-state index contributed by atoms with van der Waals surface area (Å²) in [5.41, 5.74) is -0.0917. The first-order valence-corrected chi connectivity index (χ1v) is 4.31. The fraction of sp³-hybridized carbons (Fsp3) is 0.333. The Morgan fingerprint density at radius 3 is 3.12 bits per heavy atom. The average Bonchev–Trinajstić information content (AvgIpc) is 2.83. The van der Waals surface area contributed by atoms with E-state index >= 15 is 0 Å². The number of nitrogens with one attached hydrogen (secondary N) is 2. The van der Waals surface area contributed by atoms with E-state index in [1.807, 2.05) is 0 Å². The van der Waals surface area contributed by atoms with Crippen molar-refractivity contribution >= 4 is 11.5 Å². The van der Waals surface area contributed by atoms with Gasteiger partial charge < -0.3 is 5.32 Å². The summed E-state index contributed by atoms with van der Waals surface area (Å²) in [6, 6.07) is 0. The summed E-state index contributed by atoms with van der Waals surface area (Å²) in [5, 5.41) is 30.4. The Bertz CT molecular complexity index is 489. The first-order chi connectivity index (χ1) is 7.66. The van der Waals surface area contributed by atoms with E-state index in [2.05, 4.69) is 31.0 Å². The largest absolute Gasteiger partial charge is 0.355 e. The number of nitrogens with zero attached hydrogens (tertiary/aromatic N) is 6. The van der Waals surface area contributed by atoms with E-state index in [4.69, 9.17) is 0 Å². The van der Waals surface area contributed by atoms with Crippen molar-refractivity contribution in [2.24, 2.45) is 7.05 Å². The molecule has 0 aromatic carbocycles. The molecule has 2 aromatic rings. The molecule has 0 atom stereocenters. The minimum atomic E-state index is -0.508. The van der Waals surface area contributed by atoms with Gasteiger partial charge in [-0.2, -0.15) is 5.21 Å². The number of rotatable bonds is 4. The van der Waals surface area contributed by atoms with Gasteiger partial charge in [-0.15, -0.1) is 15.3 Å². The Labute approximate surface area is 88.8 Å². The van der Waals surface area contributed by atoms with Crippen molar-refractivity contribution in [3.8, 4) is 0 Å². The van der Waals surface area contributed by atoms with Gasteiger partial charge in [-0.1, -0.05) is 5.21 Å². The number of anilines is 1. The average molecular weight is 224 g/mol. The number of tetrazole rings is 1. The number of aromatic nitrogens is 6. The van der Waals surface area contributed by atoms with Crippen molar-refractivity contribution in [1.29, 1.82) is 0 Å². The van der Waals surface area contributed by atoms with E-state index < -0.39 is 4.92 Å². The third-order valence-electron chi connectivity index (χ3n) is 1.81. The maximum Gasteiger partial charge on any atom is 0.330 e. The number of hydrogen-bond donors (Lipinski definition) is 2. The number of hydrogen-bond acceptors (Lipinski definition) is 7. The fourth-order valence-electron chi connectivity index (χ4n) is 1.16. The zero-order chi connectivity index (χ0) is 11.5. The molecule has 2 heterocycles. The standard InChI is InChI=1S/C6H8N8O2/c1-13-3-4(14(15)16)6(10-13)7-2-5-8-11-12-9-5/h3H,2H2,1H3,(H,7,10)(H,8,9,11,12). The maximum absolute atomic E-state index is 10.7. The number of aromatic amines is 1. The van der Waals surface area contributed by atoms with Crippen LogP contribution in [-0.2, 0) is 13.6 Å². The van der Waals surface area contributed by atoms with Crippen LogP contribution in [0, 0.1) is 10.1 Å². The molecule has 10 nitrogen and oxygen atoms in total. The zero-order valence-electron chi connectivity index (χ0n) is 8.28. The second-order valence-corrected chi connectivity index (χ2v) is 2.98. The minimum Gasteiger partial charge on any atom is -0.355 e. The van der Waals surface area contributed by atoms with Gasteiger partial charge in [-0.25, -0.2) is 0 Å². The summed E-state index contributed by atoms with van der Waals surface area (Å²) in [6.45, 7) is 0.217. The predicted octanol–water partition coefficient (Wildman–Crippen LogP) is -0.547. The number of aryl methyl sites for hydroxylation is 1. The lowest BCUT2D eigenvalue weighted by Crippen LogP contribution is -2.04. The second-order valence-electron chi connectivity index (χ2n) is 2.98. The molecule has 2 aromatic heterocycles. The van der Waals surface area contributed by atoms with Crippen molar-refractivity contribution in [3.63, 3.8) is 0 Å². The Morgan fingerprint density at radius 2 is 2.50 bits per heavy atom. The number of nitro groups is 1. The third-order valence-corrected chi connectivity index (χ3v) is 1.81. The van der Waals surface area contributed by atoms with Crippen LogP contribution in [0.4, 0.5) is 11.5 Å². The Morgan fingerprint density at radius 1 is 1.69 bits per heavy atom. The van der Waals surface area contributed by atoms with Crippen LogP contribution in [-0.4, -0.2) is 35.3 Å². The van der Waals surface area contributed by atoms with Gasteiger partial charge >= 0.3 is 5.69 Å². The topological polar surface area (TPSA) is 127 Å². The molecular formula is C6H8N8O2. The van der Waals surface area contributed by atoms with Gasteiger partial charge in [0.05, 0.1) is 11.5 Å². The van der Waals surface area contributed by atoms with E-state index in [-0.39, 0.29) is 18.1 Å². The van der Waals surface area contributed by atoms with Crippen LogP contribution in [0.25, 0.3) is 0 Å². The molecule has 0 saturated carbocycles. The van der Waals surface area contributed by atoms with Gasteiger partial charge in [-0.3, -0.25) is 14.8 Å². The summed E-state index contributed by atoms with van der Waals surface area (Å²) < 4.78 is 1.36. The van der Waals surface area contributed by atoms with E-state index in [0.717, 1.165) is 0 Å². The van der Waals surface area contributed by atoms with Gasteiger partial charge in [0, 0.05) is 7.05 Å². The van der Waals surface area contributed by atoms with Crippen LogP contribution in [0.5, 0.6) is 0 Å². The van der Waals surface area contributed by atoms with Gasteiger partial charge in [0.1, 0.15) is 6.20 Å². The predicted molar refractivity (Wildman–Crippen MR) is 51.4 cm³/mol. The zero-order valence-corrected chi connectivity index (χ0v) is 8.28. The molecule has 0 amide bonds. The molecule has 16 heavy (non-hydrogen) atoms.